The van der Waals surface area contributed by atoms with Gasteiger partial charge in [-0.05, 0) is 43.3 Å². The van der Waals surface area contributed by atoms with Gasteiger partial charge in [-0.25, -0.2) is 9.18 Å². The molecule has 0 aliphatic heterocycles. The van der Waals surface area contributed by atoms with Gasteiger partial charge in [0.25, 0.3) is 5.91 Å². The number of anilines is 2. The summed E-state index contributed by atoms with van der Waals surface area (Å²) in [4.78, 5) is 24.1. The molecule has 2 aromatic carbocycles. The number of hydrogen-bond donors (Lipinski definition) is 2. The molecule has 0 saturated carbocycles. The van der Waals surface area contributed by atoms with Gasteiger partial charge in [0.1, 0.15) is 5.82 Å². The van der Waals surface area contributed by atoms with E-state index >= 15 is 0 Å². The zero-order valence-corrected chi connectivity index (χ0v) is 14.0. The summed E-state index contributed by atoms with van der Waals surface area (Å²) in [5, 5.41) is 3.18. The number of rotatable bonds is 4. The lowest BCUT2D eigenvalue weighted by molar-refractivity contribution is -0.123. The van der Waals surface area contributed by atoms with Crippen molar-refractivity contribution >= 4 is 46.5 Å². The summed E-state index contributed by atoms with van der Waals surface area (Å²) >= 11 is 11.8. The van der Waals surface area contributed by atoms with Crippen molar-refractivity contribution in [2.75, 3.05) is 11.1 Å². The Kier molecular flexibility index (Phi) is 5.64. The summed E-state index contributed by atoms with van der Waals surface area (Å²) < 4.78 is 18.0. The first-order valence-corrected chi connectivity index (χ1v) is 7.55. The van der Waals surface area contributed by atoms with Gasteiger partial charge in [-0.2, -0.15) is 0 Å². The maximum Gasteiger partial charge on any atom is 0.341 e. The van der Waals surface area contributed by atoms with E-state index in [1.54, 1.807) is 6.07 Å². The van der Waals surface area contributed by atoms with Gasteiger partial charge >= 0.3 is 5.97 Å². The predicted molar refractivity (Wildman–Crippen MR) is 90.8 cm³/mol. The number of halogens is 3. The minimum Gasteiger partial charge on any atom is -0.449 e. The van der Waals surface area contributed by atoms with Crippen LogP contribution in [0.5, 0.6) is 0 Å². The Hall–Kier alpha value is -2.31. The lowest BCUT2D eigenvalue weighted by atomic mass is 10.2. The molecule has 0 saturated heterocycles. The molecule has 0 aliphatic rings. The molecule has 0 heterocycles. The van der Waals surface area contributed by atoms with E-state index < -0.39 is 23.8 Å². The van der Waals surface area contributed by atoms with Crippen molar-refractivity contribution in [2.24, 2.45) is 0 Å². The van der Waals surface area contributed by atoms with Crippen molar-refractivity contribution in [1.29, 1.82) is 0 Å². The van der Waals surface area contributed by atoms with Crippen LogP contribution in [0.3, 0.4) is 0 Å². The van der Waals surface area contributed by atoms with Gasteiger partial charge in [0.05, 0.1) is 16.3 Å². The monoisotopic (exact) mass is 370 g/mol. The highest BCUT2D eigenvalue weighted by molar-refractivity contribution is 6.35. The number of amides is 1. The summed E-state index contributed by atoms with van der Waals surface area (Å²) in [5.74, 6) is -2.02. The van der Waals surface area contributed by atoms with Gasteiger partial charge < -0.3 is 15.8 Å². The molecular weight excluding hydrogens is 358 g/mol. The lowest BCUT2D eigenvalue weighted by Crippen LogP contribution is -2.30. The maximum absolute atomic E-state index is 13.0. The van der Waals surface area contributed by atoms with E-state index in [1.165, 1.54) is 25.1 Å². The van der Waals surface area contributed by atoms with Crippen molar-refractivity contribution in [1.82, 2.24) is 0 Å². The third-order valence-corrected chi connectivity index (χ3v) is 3.64. The Morgan fingerprint density at radius 2 is 1.92 bits per heavy atom. The van der Waals surface area contributed by atoms with Gasteiger partial charge in [-0.15, -0.1) is 0 Å². The Bertz CT molecular complexity index is 799. The number of nitrogens with two attached hydrogens (primary N) is 1. The van der Waals surface area contributed by atoms with Crippen molar-refractivity contribution in [3.63, 3.8) is 0 Å². The highest BCUT2D eigenvalue weighted by Crippen LogP contribution is 2.25. The van der Waals surface area contributed by atoms with E-state index in [-0.39, 0.29) is 16.3 Å². The zero-order chi connectivity index (χ0) is 17.9. The van der Waals surface area contributed by atoms with Crippen LogP contribution < -0.4 is 11.1 Å². The fourth-order valence-electron chi connectivity index (χ4n) is 1.82. The Labute approximate surface area is 147 Å². The maximum atomic E-state index is 13.0. The van der Waals surface area contributed by atoms with Crippen LogP contribution in [0.1, 0.15) is 17.3 Å². The predicted octanol–water partition coefficient (Wildman–Crippen LogP) is 3.90. The molecule has 0 bridgehead atoms. The van der Waals surface area contributed by atoms with Crippen LogP contribution in [0.2, 0.25) is 10.0 Å². The van der Waals surface area contributed by atoms with Gasteiger partial charge in [-0.1, -0.05) is 23.2 Å². The SMILES string of the molecule is C[C@H](OC(=O)c1ccc(F)cc1N)C(=O)Nc1cc(Cl)ccc1Cl. The summed E-state index contributed by atoms with van der Waals surface area (Å²) in [6.45, 7) is 1.38. The minimum atomic E-state index is -1.13. The summed E-state index contributed by atoms with van der Waals surface area (Å²) in [6, 6.07) is 7.81. The summed E-state index contributed by atoms with van der Waals surface area (Å²) in [5.41, 5.74) is 5.74. The minimum absolute atomic E-state index is 0.0307. The smallest absolute Gasteiger partial charge is 0.341 e. The lowest BCUT2D eigenvalue weighted by Gasteiger charge is -2.15. The molecule has 2 rings (SSSR count). The van der Waals surface area contributed by atoms with Gasteiger partial charge in [0, 0.05) is 10.7 Å². The van der Waals surface area contributed by atoms with Crippen molar-refractivity contribution in [3.8, 4) is 0 Å². The standard InChI is InChI=1S/C16H13Cl2FN2O3/c1-8(15(22)21-14-6-9(17)2-5-12(14)18)24-16(23)11-4-3-10(19)7-13(11)20/h2-8H,20H2,1H3,(H,21,22)/t8-/m0/s1. The van der Waals surface area contributed by atoms with Crippen LogP contribution in [-0.2, 0) is 9.53 Å². The van der Waals surface area contributed by atoms with E-state index in [4.69, 9.17) is 33.7 Å². The molecule has 0 aliphatic carbocycles. The Morgan fingerprint density at radius 3 is 2.58 bits per heavy atom. The Morgan fingerprint density at radius 1 is 1.21 bits per heavy atom. The van der Waals surface area contributed by atoms with Crippen LogP contribution in [0.4, 0.5) is 15.8 Å². The molecule has 0 radical (unpaired) electrons. The van der Waals surface area contributed by atoms with Crippen molar-refractivity contribution in [3.05, 3.63) is 57.8 Å². The number of nitrogens with one attached hydrogen (secondary N) is 1. The number of esters is 1. The van der Waals surface area contributed by atoms with E-state index in [0.717, 1.165) is 12.1 Å². The second kappa shape index (κ2) is 7.51. The molecule has 3 N–H and O–H groups in total. The molecule has 0 unspecified atom stereocenters. The molecule has 2 aromatic rings. The fourth-order valence-corrected chi connectivity index (χ4v) is 2.16. The number of benzene rings is 2. The van der Waals surface area contributed by atoms with Gasteiger partial charge in [0.15, 0.2) is 6.10 Å². The highest BCUT2D eigenvalue weighted by Gasteiger charge is 2.21. The quantitative estimate of drug-likeness (QED) is 0.631. The molecule has 0 spiro atoms. The molecule has 0 aromatic heterocycles. The van der Waals surface area contributed by atoms with Gasteiger partial charge in [-0.3, -0.25) is 4.79 Å². The molecule has 0 fully saturated rings. The second-order valence-corrected chi connectivity index (χ2v) is 5.74. The largest absolute Gasteiger partial charge is 0.449 e. The highest BCUT2D eigenvalue weighted by atomic mass is 35.5. The first-order chi connectivity index (χ1) is 11.3. The number of hydrogen-bond acceptors (Lipinski definition) is 4. The number of carbonyl (C=O) groups excluding carboxylic acids is 2. The molecule has 126 valence electrons. The van der Waals surface area contributed by atoms with E-state index in [0.29, 0.717) is 10.7 Å². The molecule has 1 atom stereocenters. The van der Waals surface area contributed by atoms with E-state index in [9.17, 15) is 14.0 Å². The molecule has 5 nitrogen and oxygen atoms in total. The average Bonchev–Trinajstić information content (AvgIpc) is 2.50. The van der Waals surface area contributed by atoms with Crippen LogP contribution in [0.15, 0.2) is 36.4 Å². The number of nitrogen functional groups attached to an aromatic ring is 1. The summed E-state index contributed by atoms with van der Waals surface area (Å²) in [6.07, 6.45) is -1.13. The number of ether oxygens (including phenoxy) is 1. The molecule has 8 heteroatoms. The van der Waals surface area contributed by atoms with E-state index in [2.05, 4.69) is 5.32 Å². The molecular formula is C16H13Cl2FN2O3. The van der Waals surface area contributed by atoms with Crippen molar-refractivity contribution < 1.29 is 18.7 Å². The topological polar surface area (TPSA) is 81.4 Å². The van der Waals surface area contributed by atoms with Crippen LogP contribution in [0, 0.1) is 5.82 Å². The summed E-state index contributed by atoms with van der Waals surface area (Å²) in [7, 11) is 0. The Balaban J connectivity index is 2.05. The fraction of sp³-hybridized carbons (Fsp3) is 0.125. The van der Waals surface area contributed by atoms with E-state index in [1.807, 2.05) is 0 Å². The first-order valence-electron chi connectivity index (χ1n) is 6.80. The third kappa shape index (κ3) is 4.37. The second-order valence-electron chi connectivity index (χ2n) is 4.89. The van der Waals surface area contributed by atoms with Crippen LogP contribution >= 0.6 is 23.2 Å². The number of carbonyl (C=O) groups is 2. The first kappa shape index (κ1) is 18.0. The van der Waals surface area contributed by atoms with Crippen LogP contribution in [0.25, 0.3) is 0 Å². The van der Waals surface area contributed by atoms with Crippen LogP contribution in [-0.4, -0.2) is 18.0 Å². The molecule has 1 amide bonds. The normalized spacial score (nSPS) is 11.7. The molecule has 24 heavy (non-hydrogen) atoms. The van der Waals surface area contributed by atoms with Crippen molar-refractivity contribution in [2.45, 2.75) is 13.0 Å². The zero-order valence-electron chi connectivity index (χ0n) is 12.5. The third-order valence-electron chi connectivity index (χ3n) is 3.07. The van der Waals surface area contributed by atoms with Gasteiger partial charge in [0.2, 0.25) is 0 Å². The average molecular weight is 371 g/mol.